The van der Waals surface area contributed by atoms with Crippen LogP contribution < -0.4 is 9.64 Å². The SMILES string of the molecule is CCN1C[C@H](CN(C)C(=O)c2ccc3ccccc3c2)Oc2ccccc21. The van der Waals surface area contributed by atoms with E-state index in [1.807, 2.05) is 61.6 Å². The van der Waals surface area contributed by atoms with E-state index in [1.54, 1.807) is 4.90 Å². The first-order valence-corrected chi connectivity index (χ1v) is 9.40. The number of hydrogen-bond acceptors (Lipinski definition) is 3. The van der Waals surface area contributed by atoms with Crippen LogP contribution in [0.4, 0.5) is 5.69 Å². The highest BCUT2D eigenvalue weighted by Gasteiger charge is 2.27. The van der Waals surface area contributed by atoms with Crippen molar-refractivity contribution < 1.29 is 9.53 Å². The second kappa shape index (κ2) is 7.31. The lowest BCUT2D eigenvalue weighted by Crippen LogP contribution is -2.46. The summed E-state index contributed by atoms with van der Waals surface area (Å²) in [7, 11) is 1.84. The number of ether oxygens (including phenoxy) is 1. The Morgan fingerprint density at radius 3 is 2.63 bits per heavy atom. The van der Waals surface area contributed by atoms with Crippen LogP contribution in [0.1, 0.15) is 17.3 Å². The molecule has 0 aromatic heterocycles. The summed E-state index contributed by atoms with van der Waals surface area (Å²) >= 11 is 0. The summed E-state index contributed by atoms with van der Waals surface area (Å²) in [4.78, 5) is 17.0. The Balaban J connectivity index is 1.49. The molecule has 0 fully saturated rings. The van der Waals surface area contributed by atoms with Crippen molar-refractivity contribution in [2.24, 2.45) is 0 Å². The van der Waals surface area contributed by atoms with Gasteiger partial charge in [0.15, 0.2) is 0 Å². The summed E-state index contributed by atoms with van der Waals surface area (Å²) in [6.45, 7) is 4.39. The molecule has 0 saturated heterocycles. The summed E-state index contributed by atoms with van der Waals surface area (Å²) < 4.78 is 6.16. The lowest BCUT2D eigenvalue weighted by atomic mass is 10.1. The summed E-state index contributed by atoms with van der Waals surface area (Å²) in [5.41, 5.74) is 1.83. The van der Waals surface area contributed by atoms with Gasteiger partial charge in [-0.2, -0.15) is 0 Å². The summed E-state index contributed by atoms with van der Waals surface area (Å²) in [5.74, 6) is 0.911. The Kier molecular flexibility index (Phi) is 4.71. The highest BCUT2D eigenvalue weighted by atomic mass is 16.5. The van der Waals surface area contributed by atoms with Gasteiger partial charge in [-0.1, -0.05) is 42.5 Å². The molecular formula is C23H24N2O2. The highest BCUT2D eigenvalue weighted by molar-refractivity contribution is 5.98. The first-order valence-electron chi connectivity index (χ1n) is 9.40. The van der Waals surface area contributed by atoms with Gasteiger partial charge in [0, 0.05) is 19.2 Å². The van der Waals surface area contributed by atoms with E-state index < -0.39 is 0 Å². The molecule has 0 spiro atoms. The van der Waals surface area contributed by atoms with Crippen molar-refractivity contribution in [1.29, 1.82) is 0 Å². The number of hydrogen-bond donors (Lipinski definition) is 0. The van der Waals surface area contributed by atoms with Crippen molar-refractivity contribution >= 4 is 22.4 Å². The highest BCUT2D eigenvalue weighted by Crippen LogP contribution is 2.33. The first-order chi connectivity index (χ1) is 13.2. The fraction of sp³-hybridized carbons (Fsp3) is 0.261. The Hall–Kier alpha value is -3.01. The van der Waals surface area contributed by atoms with Gasteiger partial charge in [0.2, 0.25) is 0 Å². The van der Waals surface area contributed by atoms with Crippen LogP contribution in [-0.2, 0) is 0 Å². The monoisotopic (exact) mass is 360 g/mol. The molecule has 27 heavy (non-hydrogen) atoms. The zero-order valence-electron chi connectivity index (χ0n) is 15.8. The van der Waals surface area contributed by atoms with Crippen LogP contribution >= 0.6 is 0 Å². The second-order valence-corrected chi connectivity index (χ2v) is 6.99. The number of carbonyl (C=O) groups excluding carboxylic acids is 1. The van der Waals surface area contributed by atoms with Crippen LogP contribution in [0.15, 0.2) is 66.7 Å². The van der Waals surface area contributed by atoms with Gasteiger partial charge in [-0.15, -0.1) is 0 Å². The van der Waals surface area contributed by atoms with Gasteiger partial charge in [0.05, 0.1) is 18.8 Å². The standard InChI is InChI=1S/C23H24N2O2/c1-3-25-16-20(27-22-11-7-6-10-21(22)25)15-24(2)23(26)19-13-12-17-8-4-5-9-18(17)14-19/h4-14,20H,3,15-16H2,1-2H3/t20-/m0/s1. The maximum atomic E-state index is 12.9. The van der Waals surface area contributed by atoms with E-state index in [-0.39, 0.29) is 12.0 Å². The van der Waals surface area contributed by atoms with Crippen molar-refractivity contribution in [2.75, 3.05) is 31.6 Å². The normalized spacial score (nSPS) is 15.9. The Bertz CT molecular complexity index is 969. The van der Waals surface area contributed by atoms with E-state index in [0.29, 0.717) is 12.1 Å². The molecule has 0 saturated carbocycles. The van der Waals surface area contributed by atoms with E-state index in [0.717, 1.165) is 35.3 Å². The molecule has 3 aromatic rings. The van der Waals surface area contributed by atoms with Crippen molar-refractivity contribution in [3.8, 4) is 5.75 Å². The average Bonchev–Trinajstić information content (AvgIpc) is 2.72. The van der Waals surface area contributed by atoms with E-state index in [4.69, 9.17) is 4.74 Å². The number of rotatable bonds is 4. The fourth-order valence-corrected chi connectivity index (χ4v) is 3.70. The lowest BCUT2D eigenvalue weighted by molar-refractivity contribution is 0.0710. The fourth-order valence-electron chi connectivity index (χ4n) is 3.70. The van der Waals surface area contributed by atoms with Crippen LogP contribution in [0.3, 0.4) is 0 Å². The molecule has 1 amide bonds. The van der Waals surface area contributed by atoms with Crippen molar-refractivity contribution in [3.05, 3.63) is 72.3 Å². The third-order valence-corrected chi connectivity index (χ3v) is 5.13. The number of anilines is 1. The number of para-hydroxylation sites is 2. The maximum absolute atomic E-state index is 12.9. The minimum atomic E-state index is -0.0470. The molecule has 0 radical (unpaired) electrons. The van der Waals surface area contributed by atoms with E-state index in [2.05, 4.69) is 24.0 Å². The van der Waals surface area contributed by atoms with Gasteiger partial charge in [-0.05, 0) is 42.0 Å². The van der Waals surface area contributed by atoms with Crippen LogP contribution in [0.2, 0.25) is 0 Å². The molecule has 0 bridgehead atoms. The Labute approximate surface area is 160 Å². The molecule has 4 nitrogen and oxygen atoms in total. The molecule has 1 aliphatic heterocycles. The first kappa shape index (κ1) is 17.4. The van der Waals surface area contributed by atoms with E-state index >= 15 is 0 Å². The Morgan fingerprint density at radius 1 is 1.07 bits per heavy atom. The number of nitrogens with zero attached hydrogens (tertiary/aromatic N) is 2. The molecule has 1 atom stereocenters. The van der Waals surface area contributed by atoms with Crippen LogP contribution in [0.5, 0.6) is 5.75 Å². The summed E-state index contributed by atoms with van der Waals surface area (Å²) in [5, 5.41) is 2.22. The number of fused-ring (bicyclic) bond motifs is 2. The van der Waals surface area contributed by atoms with Gasteiger partial charge in [0.25, 0.3) is 5.91 Å². The van der Waals surface area contributed by atoms with Crippen molar-refractivity contribution in [1.82, 2.24) is 4.90 Å². The predicted octanol–water partition coefficient (Wildman–Crippen LogP) is 4.20. The van der Waals surface area contributed by atoms with Crippen LogP contribution in [-0.4, -0.2) is 43.6 Å². The minimum Gasteiger partial charge on any atom is -0.485 e. The van der Waals surface area contributed by atoms with Gasteiger partial charge in [-0.3, -0.25) is 4.79 Å². The molecule has 0 unspecified atom stereocenters. The largest absolute Gasteiger partial charge is 0.485 e. The van der Waals surface area contributed by atoms with E-state index in [1.165, 1.54) is 0 Å². The molecule has 0 N–H and O–H groups in total. The summed E-state index contributed by atoms with van der Waals surface area (Å²) in [6.07, 6.45) is -0.0470. The van der Waals surface area contributed by atoms with Gasteiger partial charge < -0.3 is 14.5 Å². The molecule has 4 rings (SSSR count). The number of carbonyl (C=O) groups is 1. The van der Waals surface area contributed by atoms with Gasteiger partial charge >= 0.3 is 0 Å². The topological polar surface area (TPSA) is 32.8 Å². The molecule has 1 aliphatic rings. The zero-order valence-corrected chi connectivity index (χ0v) is 15.8. The molecule has 138 valence electrons. The average molecular weight is 360 g/mol. The number of likely N-dealkylation sites (N-methyl/N-ethyl adjacent to an activating group) is 2. The van der Waals surface area contributed by atoms with Gasteiger partial charge in [0.1, 0.15) is 11.9 Å². The summed E-state index contributed by atoms with van der Waals surface area (Å²) in [6, 6.07) is 22.0. The molecule has 1 heterocycles. The van der Waals surface area contributed by atoms with E-state index in [9.17, 15) is 4.79 Å². The Morgan fingerprint density at radius 2 is 1.81 bits per heavy atom. The third kappa shape index (κ3) is 3.47. The third-order valence-electron chi connectivity index (χ3n) is 5.13. The number of benzene rings is 3. The van der Waals surface area contributed by atoms with Crippen LogP contribution in [0, 0.1) is 0 Å². The smallest absolute Gasteiger partial charge is 0.253 e. The maximum Gasteiger partial charge on any atom is 0.253 e. The quantitative estimate of drug-likeness (QED) is 0.699. The van der Waals surface area contributed by atoms with Crippen molar-refractivity contribution in [2.45, 2.75) is 13.0 Å². The molecule has 0 aliphatic carbocycles. The minimum absolute atomic E-state index is 0.0197. The molecule has 4 heteroatoms. The van der Waals surface area contributed by atoms with Crippen molar-refractivity contribution in [3.63, 3.8) is 0 Å². The van der Waals surface area contributed by atoms with Gasteiger partial charge in [-0.25, -0.2) is 0 Å². The zero-order chi connectivity index (χ0) is 18.8. The molecule has 3 aromatic carbocycles. The molecular weight excluding hydrogens is 336 g/mol. The number of amides is 1. The van der Waals surface area contributed by atoms with Crippen LogP contribution in [0.25, 0.3) is 10.8 Å². The predicted molar refractivity (Wildman–Crippen MR) is 110 cm³/mol. The lowest BCUT2D eigenvalue weighted by Gasteiger charge is -2.37. The second-order valence-electron chi connectivity index (χ2n) is 6.99.